The number of piperidine rings is 1. The van der Waals surface area contributed by atoms with Crippen LogP contribution in [0.4, 0.5) is 0 Å². The van der Waals surface area contributed by atoms with E-state index < -0.39 is 0 Å². The third-order valence-electron chi connectivity index (χ3n) is 3.91. The van der Waals surface area contributed by atoms with Crippen molar-refractivity contribution in [2.75, 3.05) is 6.54 Å². The van der Waals surface area contributed by atoms with Crippen LogP contribution in [0, 0.1) is 0 Å². The Morgan fingerprint density at radius 3 is 2.76 bits per heavy atom. The summed E-state index contributed by atoms with van der Waals surface area (Å²) in [6.45, 7) is 1.73. The fourth-order valence-corrected chi connectivity index (χ4v) is 3.31. The van der Waals surface area contributed by atoms with Crippen LogP contribution < -0.4 is 5.32 Å². The van der Waals surface area contributed by atoms with Gasteiger partial charge in [-0.1, -0.05) is 58.4 Å². The van der Waals surface area contributed by atoms with E-state index >= 15 is 0 Å². The third-order valence-corrected chi connectivity index (χ3v) is 4.41. The second-order valence-corrected chi connectivity index (χ2v) is 6.38. The maximum atomic E-state index is 6.21. The Balaban J connectivity index is 1.67. The molecule has 0 spiro atoms. The Labute approximate surface area is 134 Å². The summed E-state index contributed by atoms with van der Waals surface area (Å²) in [5.74, 6) is 0. The van der Waals surface area contributed by atoms with Crippen molar-refractivity contribution in [3.05, 3.63) is 70.2 Å². The first-order valence-electron chi connectivity index (χ1n) is 7.47. The fourth-order valence-electron chi connectivity index (χ4n) is 2.86. The van der Waals surface area contributed by atoms with E-state index in [0.29, 0.717) is 12.6 Å². The van der Waals surface area contributed by atoms with Gasteiger partial charge in [-0.3, -0.25) is 0 Å². The van der Waals surface area contributed by atoms with E-state index in [1.165, 1.54) is 17.5 Å². The van der Waals surface area contributed by atoms with Crippen LogP contribution in [0.25, 0.3) is 0 Å². The molecule has 110 valence electrons. The molecule has 3 heteroatoms. The Hall–Kier alpha value is -1.16. The van der Waals surface area contributed by atoms with Gasteiger partial charge in [0, 0.05) is 4.47 Å². The number of benzene rings is 2. The number of nitrogens with one attached hydrogen (secondary N) is 1. The van der Waals surface area contributed by atoms with Gasteiger partial charge in [-0.2, -0.15) is 0 Å². The zero-order valence-electron chi connectivity index (χ0n) is 12.0. The monoisotopic (exact) mass is 345 g/mol. The van der Waals surface area contributed by atoms with Crippen molar-refractivity contribution in [2.45, 2.75) is 31.6 Å². The maximum absolute atomic E-state index is 6.21. The van der Waals surface area contributed by atoms with E-state index in [9.17, 15) is 0 Å². The minimum Gasteiger partial charge on any atom is -0.372 e. The van der Waals surface area contributed by atoms with Gasteiger partial charge in [0.25, 0.3) is 0 Å². The second-order valence-electron chi connectivity index (χ2n) is 5.46. The molecule has 0 radical (unpaired) electrons. The molecule has 0 saturated carbocycles. The van der Waals surface area contributed by atoms with Gasteiger partial charge in [0.15, 0.2) is 0 Å². The molecule has 2 aromatic rings. The first-order valence-corrected chi connectivity index (χ1v) is 8.26. The molecule has 0 unspecified atom stereocenters. The molecule has 0 bridgehead atoms. The highest BCUT2D eigenvalue weighted by atomic mass is 79.9. The molecule has 1 aliphatic heterocycles. The number of rotatable bonds is 4. The smallest absolute Gasteiger partial charge is 0.0774 e. The van der Waals surface area contributed by atoms with E-state index in [2.05, 4.69) is 69.8 Å². The minimum absolute atomic E-state index is 0.236. The zero-order chi connectivity index (χ0) is 14.5. The van der Waals surface area contributed by atoms with Crippen LogP contribution in [0.1, 0.15) is 30.0 Å². The van der Waals surface area contributed by atoms with Crippen LogP contribution in [0.5, 0.6) is 0 Å². The van der Waals surface area contributed by atoms with Crippen molar-refractivity contribution in [1.82, 2.24) is 5.32 Å². The Morgan fingerprint density at radius 1 is 1.10 bits per heavy atom. The molecule has 1 fully saturated rings. The molecule has 1 saturated heterocycles. The molecule has 0 amide bonds. The van der Waals surface area contributed by atoms with Gasteiger partial charge >= 0.3 is 0 Å². The summed E-state index contributed by atoms with van der Waals surface area (Å²) in [7, 11) is 0. The van der Waals surface area contributed by atoms with Gasteiger partial charge in [0.05, 0.1) is 18.8 Å². The van der Waals surface area contributed by atoms with Gasteiger partial charge in [0.1, 0.15) is 0 Å². The fraction of sp³-hybridized carbons (Fsp3) is 0.333. The Morgan fingerprint density at radius 2 is 1.95 bits per heavy atom. The lowest BCUT2D eigenvalue weighted by molar-refractivity contribution is -0.00358. The van der Waals surface area contributed by atoms with Gasteiger partial charge in [-0.05, 0) is 42.6 Å². The summed E-state index contributed by atoms with van der Waals surface area (Å²) >= 11 is 3.51. The van der Waals surface area contributed by atoms with E-state index in [1.807, 2.05) is 6.07 Å². The van der Waals surface area contributed by atoms with Crippen LogP contribution in [-0.2, 0) is 11.3 Å². The highest BCUT2D eigenvalue weighted by Crippen LogP contribution is 2.27. The van der Waals surface area contributed by atoms with Crippen LogP contribution >= 0.6 is 15.9 Å². The molecule has 1 N–H and O–H groups in total. The molecule has 2 atom stereocenters. The average Bonchev–Trinajstić information content (AvgIpc) is 2.54. The van der Waals surface area contributed by atoms with Gasteiger partial charge in [-0.15, -0.1) is 0 Å². The number of halogens is 1. The molecular formula is C18H20BrNO. The molecular weight excluding hydrogens is 326 g/mol. The first kappa shape index (κ1) is 14.8. The van der Waals surface area contributed by atoms with E-state index in [4.69, 9.17) is 4.74 Å². The molecule has 2 aromatic carbocycles. The van der Waals surface area contributed by atoms with Gasteiger partial charge in [0.2, 0.25) is 0 Å². The van der Waals surface area contributed by atoms with Crippen molar-refractivity contribution in [3.63, 3.8) is 0 Å². The molecule has 21 heavy (non-hydrogen) atoms. The summed E-state index contributed by atoms with van der Waals surface area (Å²) < 4.78 is 7.31. The zero-order valence-corrected chi connectivity index (χ0v) is 13.6. The molecule has 3 rings (SSSR count). The predicted octanol–water partition coefficient (Wildman–Crippen LogP) is 4.46. The molecule has 1 heterocycles. The largest absolute Gasteiger partial charge is 0.372 e. The summed E-state index contributed by atoms with van der Waals surface area (Å²) in [6.07, 6.45) is 2.52. The lowest BCUT2D eigenvalue weighted by Gasteiger charge is -2.33. The van der Waals surface area contributed by atoms with Crippen molar-refractivity contribution in [1.29, 1.82) is 0 Å². The molecule has 2 nitrogen and oxygen atoms in total. The quantitative estimate of drug-likeness (QED) is 0.883. The van der Waals surface area contributed by atoms with Crippen molar-refractivity contribution in [3.8, 4) is 0 Å². The van der Waals surface area contributed by atoms with Crippen LogP contribution in [0.2, 0.25) is 0 Å². The molecule has 0 aromatic heterocycles. The summed E-state index contributed by atoms with van der Waals surface area (Å²) in [4.78, 5) is 0. The normalized spacial score (nSPS) is 22.1. The average molecular weight is 346 g/mol. The second kappa shape index (κ2) is 7.21. The number of hydrogen-bond donors (Lipinski definition) is 1. The lowest BCUT2D eigenvalue weighted by Crippen LogP contribution is -2.39. The summed E-state index contributed by atoms with van der Waals surface area (Å²) in [5.41, 5.74) is 2.53. The predicted molar refractivity (Wildman–Crippen MR) is 89.1 cm³/mol. The Bertz CT molecular complexity index is 572. The topological polar surface area (TPSA) is 21.3 Å². The molecule has 0 aliphatic carbocycles. The van der Waals surface area contributed by atoms with Crippen molar-refractivity contribution >= 4 is 15.9 Å². The van der Waals surface area contributed by atoms with Crippen molar-refractivity contribution < 1.29 is 4.74 Å². The van der Waals surface area contributed by atoms with E-state index in [-0.39, 0.29) is 6.10 Å². The van der Waals surface area contributed by atoms with Crippen LogP contribution in [-0.4, -0.2) is 12.6 Å². The van der Waals surface area contributed by atoms with Gasteiger partial charge < -0.3 is 10.1 Å². The first-order chi connectivity index (χ1) is 10.3. The third kappa shape index (κ3) is 3.94. The summed E-state index contributed by atoms with van der Waals surface area (Å²) in [6, 6.07) is 19.2. The van der Waals surface area contributed by atoms with Crippen molar-refractivity contribution in [2.24, 2.45) is 0 Å². The minimum atomic E-state index is 0.236. The maximum Gasteiger partial charge on any atom is 0.0774 e. The number of ether oxygens (including phenoxy) is 1. The van der Waals surface area contributed by atoms with Crippen LogP contribution in [0.3, 0.4) is 0 Å². The standard InChI is InChI=1S/C18H20BrNO/c19-16-9-4-6-14(12-16)13-21-17-10-5-11-20-18(17)15-7-2-1-3-8-15/h1-4,6-9,12,17-18,20H,5,10-11,13H2/t17-,18-/m0/s1. The van der Waals surface area contributed by atoms with E-state index in [1.54, 1.807) is 0 Å². The van der Waals surface area contributed by atoms with Crippen LogP contribution in [0.15, 0.2) is 59.1 Å². The SMILES string of the molecule is Brc1cccc(CO[C@H]2CCCN[C@H]2c2ccccc2)c1. The Kier molecular flexibility index (Phi) is 5.07. The van der Waals surface area contributed by atoms with Gasteiger partial charge in [-0.25, -0.2) is 0 Å². The molecule has 1 aliphatic rings. The highest BCUT2D eigenvalue weighted by molar-refractivity contribution is 9.10. The van der Waals surface area contributed by atoms with E-state index in [0.717, 1.165) is 17.4 Å². The lowest BCUT2D eigenvalue weighted by atomic mass is 9.94. The summed E-state index contributed by atoms with van der Waals surface area (Å²) in [5, 5.41) is 3.60. The highest BCUT2D eigenvalue weighted by Gasteiger charge is 2.26. The number of hydrogen-bond acceptors (Lipinski definition) is 2.